The molecule has 2 aromatic rings. The van der Waals surface area contributed by atoms with Gasteiger partial charge in [-0.1, -0.05) is 6.92 Å². The average Bonchev–Trinajstić information content (AvgIpc) is 3.11. The highest BCUT2D eigenvalue weighted by Gasteiger charge is 2.31. The SMILES string of the molecule is CCN(Cc1c(C)nn(-c2ccc(F)cc2)c1C)[C@H]1COC[C@@H]1O. The van der Waals surface area contributed by atoms with Crippen LogP contribution >= 0.6 is 0 Å². The summed E-state index contributed by atoms with van der Waals surface area (Å²) in [6, 6.07) is 6.35. The van der Waals surface area contributed by atoms with Gasteiger partial charge < -0.3 is 9.84 Å². The Kier molecular flexibility index (Phi) is 4.99. The molecule has 0 spiro atoms. The number of hydrogen-bond acceptors (Lipinski definition) is 4. The fraction of sp³-hybridized carbons (Fsp3) is 0.500. The summed E-state index contributed by atoms with van der Waals surface area (Å²) < 4.78 is 20.4. The number of aliphatic hydroxyl groups excluding tert-OH is 1. The van der Waals surface area contributed by atoms with E-state index in [1.54, 1.807) is 12.1 Å². The maximum Gasteiger partial charge on any atom is 0.123 e. The van der Waals surface area contributed by atoms with Crippen LogP contribution in [0.15, 0.2) is 24.3 Å². The Bertz CT molecular complexity index is 699. The Labute approximate surface area is 141 Å². The average molecular weight is 333 g/mol. The molecule has 2 heterocycles. The van der Waals surface area contributed by atoms with E-state index >= 15 is 0 Å². The summed E-state index contributed by atoms with van der Waals surface area (Å²) >= 11 is 0. The topological polar surface area (TPSA) is 50.5 Å². The summed E-state index contributed by atoms with van der Waals surface area (Å²) in [6.07, 6.45) is -0.447. The van der Waals surface area contributed by atoms with Crippen molar-refractivity contribution < 1.29 is 14.2 Å². The van der Waals surface area contributed by atoms with Gasteiger partial charge in [-0.05, 0) is 44.7 Å². The Balaban J connectivity index is 1.87. The van der Waals surface area contributed by atoms with Crippen LogP contribution in [-0.4, -0.2) is 51.7 Å². The van der Waals surface area contributed by atoms with Gasteiger partial charge in [0.2, 0.25) is 0 Å². The third-order valence-electron chi connectivity index (χ3n) is 4.77. The number of benzene rings is 1. The van der Waals surface area contributed by atoms with E-state index in [2.05, 4.69) is 16.9 Å². The lowest BCUT2D eigenvalue weighted by atomic mass is 10.1. The molecule has 1 aliphatic rings. The van der Waals surface area contributed by atoms with E-state index in [0.717, 1.165) is 29.2 Å². The van der Waals surface area contributed by atoms with Gasteiger partial charge in [-0.3, -0.25) is 4.90 Å². The lowest BCUT2D eigenvalue weighted by molar-refractivity contribution is 0.0806. The molecule has 0 unspecified atom stereocenters. The third kappa shape index (κ3) is 3.22. The van der Waals surface area contributed by atoms with E-state index < -0.39 is 6.10 Å². The van der Waals surface area contributed by atoms with Crippen molar-refractivity contribution in [3.63, 3.8) is 0 Å². The Hall–Kier alpha value is -1.76. The van der Waals surface area contributed by atoms with Crippen molar-refractivity contribution in [2.75, 3.05) is 19.8 Å². The molecule has 5 nitrogen and oxygen atoms in total. The number of aliphatic hydroxyl groups is 1. The first-order valence-electron chi connectivity index (χ1n) is 8.32. The minimum absolute atomic E-state index is 0.0166. The summed E-state index contributed by atoms with van der Waals surface area (Å²) in [4.78, 5) is 2.23. The second kappa shape index (κ2) is 7.01. The van der Waals surface area contributed by atoms with Crippen molar-refractivity contribution in [3.8, 4) is 5.69 Å². The largest absolute Gasteiger partial charge is 0.389 e. The van der Waals surface area contributed by atoms with Gasteiger partial charge in [0, 0.05) is 17.8 Å². The van der Waals surface area contributed by atoms with Gasteiger partial charge in [0.05, 0.1) is 36.7 Å². The fourth-order valence-electron chi connectivity index (χ4n) is 3.28. The molecule has 6 heteroatoms. The van der Waals surface area contributed by atoms with Crippen LogP contribution in [0, 0.1) is 19.7 Å². The number of rotatable bonds is 5. The normalized spacial score (nSPS) is 20.9. The molecular formula is C18H24FN3O2. The smallest absolute Gasteiger partial charge is 0.123 e. The molecule has 2 atom stereocenters. The van der Waals surface area contributed by atoms with Crippen LogP contribution < -0.4 is 0 Å². The predicted octanol–water partition coefficient (Wildman–Crippen LogP) is 2.21. The number of halogens is 1. The standard InChI is InChI=1S/C18H24FN3O2/c1-4-21(17-10-24-11-18(17)23)9-16-12(2)20-22(13(16)3)15-7-5-14(19)6-8-15/h5-8,17-18,23H,4,9-11H2,1-3H3/t17-,18-/m0/s1. The van der Waals surface area contributed by atoms with E-state index in [1.807, 2.05) is 18.5 Å². The first-order valence-corrected chi connectivity index (χ1v) is 8.32. The molecule has 0 bridgehead atoms. The number of nitrogens with zero attached hydrogens (tertiary/aromatic N) is 3. The number of aryl methyl sites for hydroxylation is 1. The van der Waals surface area contributed by atoms with E-state index in [1.165, 1.54) is 12.1 Å². The summed E-state index contributed by atoms with van der Waals surface area (Å²) in [7, 11) is 0. The van der Waals surface area contributed by atoms with E-state index in [9.17, 15) is 9.50 Å². The molecule has 0 amide bonds. The number of hydrogen-bond donors (Lipinski definition) is 1. The third-order valence-corrected chi connectivity index (χ3v) is 4.77. The first-order chi connectivity index (χ1) is 11.5. The minimum Gasteiger partial charge on any atom is -0.389 e. The van der Waals surface area contributed by atoms with Crippen LogP contribution in [0.3, 0.4) is 0 Å². The molecule has 1 N–H and O–H groups in total. The summed E-state index contributed by atoms with van der Waals surface area (Å²) in [5.74, 6) is -0.257. The first kappa shape index (κ1) is 17.1. The molecule has 0 aliphatic carbocycles. The van der Waals surface area contributed by atoms with Crippen molar-refractivity contribution in [3.05, 3.63) is 47.0 Å². The van der Waals surface area contributed by atoms with Crippen LogP contribution in [0.2, 0.25) is 0 Å². The molecule has 130 valence electrons. The minimum atomic E-state index is -0.447. The number of ether oxygens (including phenoxy) is 1. The summed E-state index contributed by atoms with van der Waals surface area (Å²) in [5.41, 5.74) is 3.96. The van der Waals surface area contributed by atoms with E-state index in [-0.39, 0.29) is 11.9 Å². The molecule has 0 saturated carbocycles. The van der Waals surface area contributed by atoms with Gasteiger partial charge in [-0.25, -0.2) is 9.07 Å². The molecule has 1 aliphatic heterocycles. The highest BCUT2D eigenvalue weighted by atomic mass is 19.1. The highest BCUT2D eigenvalue weighted by molar-refractivity contribution is 5.37. The van der Waals surface area contributed by atoms with Gasteiger partial charge in [0.25, 0.3) is 0 Å². The summed E-state index contributed by atoms with van der Waals surface area (Å²) in [6.45, 7) is 8.57. The molecule has 0 radical (unpaired) electrons. The van der Waals surface area contributed by atoms with Crippen molar-refractivity contribution in [1.82, 2.24) is 14.7 Å². The molecule has 1 aromatic heterocycles. The highest BCUT2D eigenvalue weighted by Crippen LogP contribution is 2.22. The van der Waals surface area contributed by atoms with Crippen LogP contribution in [0.4, 0.5) is 4.39 Å². The monoisotopic (exact) mass is 333 g/mol. The molecule has 3 rings (SSSR count). The molecule has 24 heavy (non-hydrogen) atoms. The van der Waals surface area contributed by atoms with Crippen molar-refractivity contribution in [2.24, 2.45) is 0 Å². The van der Waals surface area contributed by atoms with E-state index in [4.69, 9.17) is 4.74 Å². The maximum absolute atomic E-state index is 13.1. The molecule has 1 fully saturated rings. The maximum atomic E-state index is 13.1. The fourth-order valence-corrected chi connectivity index (χ4v) is 3.28. The van der Waals surface area contributed by atoms with Gasteiger partial charge in [0.15, 0.2) is 0 Å². The lowest BCUT2D eigenvalue weighted by Gasteiger charge is -2.28. The van der Waals surface area contributed by atoms with Gasteiger partial charge >= 0.3 is 0 Å². The lowest BCUT2D eigenvalue weighted by Crippen LogP contribution is -2.42. The zero-order valence-electron chi connectivity index (χ0n) is 14.4. The van der Waals surface area contributed by atoms with Gasteiger partial charge in [-0.2, -0.15) is 5.10 Å². The van der Waals surface area contributed by atoms with Gasteiger partial charge in [0.1, 0.15) is 5.82 Å². The Morgan fingerprint density at radius 1 is 1.29 bits per heavy atom. The van der Waals surface area contributed by atoms with Crippen LogP contribution in [-0.2, 0) is 11.3 Å². The van der Waals surface area contributed by atoms with Crippen LogP contribution in [0.5, 0.6) is 0 Å². The molecule has 1 saturated heterocycles. The quantitative estimate of drug-likeness (QED) is 0.911. The predicted molar refractivity (Wildman–Crippen MR) is 89.7 cm³/mol. The summed E-state index contributed by atoms with van der Waals surface area (Å²) in [5, 5.41) is 14.7. The second-order valence-corrected chi connectivity index (χ2v) is 6.27. The number of aromatic nitrogens is 2. The number of likely N-dealkylation sites (N-methyl/N-ethyl adjacent to an activating group) is 1. The van der Waals surface area contributed by atoms with Gasteiger partial charge in [-0.15, -0.1) is 0 Å². The van der Waals surface area contributed by atoms with E-state index in [0.29, 0.717) is 19.8 Å². The molecular weight excluding hydrogens is 309 g/mol. The zero-order chi connectivity index (χ0) is 17.3. The molecule has 1 aromatic carbocycles. The Morgan fingerprint density at radius 2 is 2.00 bits per heavy atom. The van der Waals surface area contributed by atoms with Crippen LogP contribution in [0.1, 0.15) is 23.9 Å². The van der Waals surface area contributed by atoms with Crippen molar-refractivity contribution in [1.29, 1.82) is 0 Å². The zero-order valence-corrected chi connectivity index (χ0v) is 14.4. The Morgan fingerprint density at radius 3 is 2.58 bits per heavy atom. The van der Waals surface area contributed by atoms with Crippen molar-refractivity contribution in [2.45, 2.75) is 39.5 Å². The second-order valence-electron chi connectivity index (χ2n) is 6.27. The van der Waals surface area contributed by atoms with Crippen molar-refractivity contribution >= 4 is 0 Å². The van der Waals surface area contributed by atoms with Crippen LogP contribution in [0.25, 0.3) is 5.69 Å².